The maximum absolute atomic E-state index is 14.2. The number of unbranched alkanes of at least 4 members (excludes halogenated alkanes) is 5. The summed E-state index contributed by atoms with van der Waals surface area (Å²) in [6.45, 7) is 3.56. The van der Waals surface area contributed by atoms with Crippen LogP contribution in [0.1, 0.15) is 69.2 Å². The highest BCUT2D eigenvalue weighted by molar-refractivity contribution is 7.93. The number of hydrogen-bond donors (Lipinski definition) is 1. The van der Waals surface area contributed by atoms with Crippen molar-refractivity contribution in [2.24, 2.45) is 17.8 Å². The molecule has 278 valence electrons. The molecule has 0 spiro atoms. The predicted octanol–water partition coefficient (Wildman–Crippen LogP) is 6.03. The number of pyridine rings is 1. The average Bonchev–Trinajstić information content (AvgIpc) is 3.15. The number of nitrogens with zero attached hydrogens (tertiary/aromatic N) is 5. The summed E-state index contributed by atoms with van der Waals surface area (Å²) in [7, 11) is -2.74. The van der Waals surface area contributed by atoms with Crippen molar-refractivity contribution < 1.29 is 27.5 Å². The molecular weight excluding hydrogens is 697 g/mol. The van der Waals surface area contributed by atoms with Gasteiger partial charge in [0, 0.05) is 30.6 Å². The number of carbonyl (C=O) groups excluding carboxylic acids is 2. The number of anilines is 1. The van der Waals surface area contributed by atoms with Crippen LogP contribution in [0.15, 0.2) is 93.7 Å². The van der Waals surface area contributed by atoms with Crippen molar-refractivity contribution in [3.05, 3.63) is 106 Å². The number of ether oxygens (including phenoxy) is 2. The summed E-state index contributed by atoms with van der Waals surface area (Å²) in [4.78, 5) is 51.1. The number of hydrogen-bond acceptors (Lipinski definition) is 9. The fourth-order valence-electron chi connectivity index (χ4n) is 5.92. The molecule has 53 heavy (non-hydrogen) atoms. The van der Waals surface area contributed by atoms with Crippen molar-refractivity contribution in [1.29, 1.82) is 0 Å². The largest absolute Gasteiger partial charge is 0.465 e. The fourth-order valence-corrected chi connectivity index (χ4v) is 7.49. The smallest absolute Gasteiger partial charge is 0.435 e. The van der Waals surface area contributed by atoms with Crippen molar-refractivity contribution in [2.75, 3.05) is 24.1 Å². The molecule has 0 saturated heterocycles. The van der Waals surface area contributed by atoms with E-state index >= 15 is 0 Å². The molecule has 0 aliphatic carbocycles. The van der Waals surface area contributed by atoms with Gasteiger partial charge in [0.15, 0.2) is 0 Å². The topological polar surface area (TPSA) is 176 Å². The van der Waals surface area contributed by atoms with Crippen LogP contribution in [0.25, 0.3) is 21.9 Å². The molecule has 2 heterocycles. The van der Waals surface area contributed by atoms with Gasteiger partial charge in [-0.15, -0.1) is 0 Å². The van der Waals surface area contributed by atoms with E-state index in [9.17, 15) is 22.8 Å². The third kappa shape index (κ3) is 9.43. The van der Waals surface area contributed by atoms with Gasteiger partial charge in [0.1, 0.15) is 23.0 Å². The third-order valence-corrected chi connectivity index (χ3v) is 10.5. The van der Waals surface area contributed by atoms with Gasteiger partial charge in [-0.25, -0.2) is 18.2 Å². The highest BCUT2D eigenvalue weighted by Crippen LogP contribution is 2.30. The maximum Gasteiger partial charge on any atom is 0.435 e. The molecule has 1 amide bonds. The zero-order valence-corrected chi connectivity index (χ0v) is 31.0. The van der Waals surface area contributed by atoms with E-state index in [0.717, 1.165) is 29.1 Å². The van der Waals surface area contributed by atoms with Crippen molar-refractivity contribution in [2.45, 2.75) is 63.7 Å². The first-order chi connectivity index (χ1) is 25.5. The van der Waals surface area contributed by atoms with Crippen LogP contribution >= 0.6 is 0 Å². The molecule has 0 bridgehead atoms. The molecular formula is C39H44N6O7S. The number of nitrogens with two attached hydrogens (primary N) is 1. The van der Waals surface area contributed by atoms with Gasteiger partial charge in [0.05, 0.1) is 35.5 Å². The molecule has 5 rings (SSSR count). The number of sulfonamides is 1. The zero-order chi connectivity index (χ0) is 38.0. The molecule has 0 unspecified atom stereocenters. The molecule has 3 aromatic carbocycles. The van der Waals surface area contributed by atoms with Crippen LogP contribution in [0.2, 0.25) is 0 Å². The summed E-state index contributed by atoms with van der Waals surface area (Å²) >= 11 is 0. The third-order valence-electron chi connectivity index (χ3n) is 8.71. The van der Waals surface area contributed by atoms with Crippen LogP contribution in [0, 0.1) is 0 Å². The van der Waals surface area contributed by atoms with E-state index in [0.29, 0.717) is 22.0 Å². The van der Waals surface area contributed by atoms with E-state index in [1.807, 2.05) is 0 Å². The lowest BCUT2D eigenvalue weighted by Crippen LogP contribution is -2.37. The Morgan fingerprint density at radius 2 is 1.66 bits per heavy atom. The number of rotatable bonds is 16. The van der Waals surface area contributed by atoms with Crippen molar-refractivity contribution in [3.8, 4) is 0 Å². The molecule has 13 nitrogen and oxygen atoms in total. The molecule has 0 aliphatic heterocycles. The minimum absolute atomic E-state index is 0.0124. The van der Waals surface area contributed by atoms with Crippen LogP contribution in [-0.4, -0.2) is 60.6 Å². The highest BCUT2D eigenvalue weighted by atomic mass is 32.2. The monoisotopic (exact) mass is 740 g/mol. The van der Waals surface area contributed by atoms with Crippen LogP contribution in [0.4, 0.5) is 10.5 Å². The number of benzene rings is 3. The van der Waals surface area contributed by atoms with Crippen LogP contribution in [0.3, 0.4) is 0 Å². The first-order valence-corrected chi connectivity index (χ1v) is 19.1. The Morgan fingerprint density at radius 1 is 0.925 bits per heavy atom. The van der Waals surface area contributed by atoms with E-state index in [4.69, 9.17) is 15.2 Å². The Labute approximate surface area is 308 Å². The Morgan fingerprint density at radius 3 is 2.42 bits per heavy atom. The molecule has 2 aromatic heterocycles. The van der Waals surface area contributed by atoms with Crippen LogP contribution in [-0.2, 0) is 37.8 Å². The fraction of sp³-hybridized carbons (Fsp3) is 0.333. The van der Waals surface area contributed by atoms with Crippen LogP contribution in [0.5, 0.6) is 0 Å². The Bertz CT molecular complexity index is 2280. The standard InChI is InChI=1S/C39H44N6O7S/c1-4-6-7-8-9-10-23-52-39(48)43-37(40)29-18-16-27(17-19-29)24-32-38(47)44(3)33-21-20-30(25-31(33)42-32)45(26-35(46)51-5-2)53(49,50)34-15-11-13-28-14-12-22-41-36(28)34/h11-22,25H,4-10,23-24,26H2,1-3H3,(H2,40,43,48). The van der Waals surface area contributed by atoms with E-state index in [1.165, 1.54) is 48.2 Å². The lowest BCUT2D eigenvalue weighted by molar-refractivity contribution is -0.141. The molecule has 5 aromatic rings. The lowest BCUT2D eigenvalue weighted by atomic mass is 10.1. The van der Waals surface area contributed by atoms with Gasteiger partial charge in [-0.05, 0) is 49.2 Å². The van der Waals surface area contributed by atoms with Gasteiger partial charge in [0.2, 0.25) is 0 Å². The zero-order valence-electron chi connectivity index (χ0n) is 30.2. The number of esters is 1. The number of aromatic nitrogens is 3. The number of amidine groups is 1. The summed E-state index contributed by atoms with van der Waals surface area (Å²) in [5, 5.41) is 0.619. The summed E-state index contributed by atoms with van der Waals surface area (Å²) in [5.41, 5.74) is 8.42. The molecule has 0 fully saturated rings. The Kier molecular flexibility index (Phi) is 12.9. The number of amides is 1. The molecule has 0 atom stereocenters. The number of carbonyl (C=O) groups is 2. The normalized spacial score (nSPS) is 11.9. The predicted molar refractivity (Wildman–Crippen MR) is 205 cm³/mol. The lowest BCUT2D eigenvalue weighted by Gasteiger charge is -2.24. The minimum Gasteiger partial charge on any atom is -0.465 e. The van der Waals surface area contributed by atoms with E-state index in [-0.39, 0.29) is 52.8 Å². The van der Waals surface area contributed by atoms with Crippen molar-refractivity contribution in [1.82, 2.24) is 14.5 Å². The second-order valence-electron chi connectivity index (χ2n) is 12.5. The number of aryl methyl sites for hydroxylation is 1. The number of para-hydroxylation sites is 1. The summed E-state index contributed by atoms with van der Waals surface area (Å²) in [6.07, 6.45) is 7.33. The summed E-state index contributed by atoms with van der Waals surface area (Å²) < 4.78 is 41.2. The molecule has 0 aliphatic rings. The SMILES string of the molecule is CCCCCCCCOC(=O)N=C(N)c1ccc(Cc2nc3cc(N(CC(=O)OCC)S(=O)(=O)c4cccc5cccnc45)ccc3n(C)c2=O)cc1. The first-order valence-electron chi connectivity index (χ1n) is 17.7. The van der Waals surface area contributed by atoms with Crippen molar-refractivity contribution in [3.63, 3.8) is 0 Å². The second-order valence-corrected chi connectivity index (χ2v) is 14.3. The molecule has 0 radical (unpaired) electrons. The first kappa shape index (κ1) is 38.6. The second kappa shape index (κ2) is 17.7. The van der Waals surface area contributed by atoms with Gasteiger partial charge < -0.3 is 19.8 Å². The van der Waals surface area contributed by atoms with Gasteiger partial charge >= 0.3 is 12.1 Å². The quantitative estimate of drug-likeness (QED) is 0.0544. The van der Waals surface area contributed by atoms with Gasteiger partial charge in [-0.2, -0.15) is 4.99 Å². The molecule has 14 heteroatoms. The number of fused-ring (bicyclic) bond motifs is 2. The summed E-state index contributed by atoms with van der Waals surface area (Å²) in [5.74, 6) is -0.726. The Hall–Kier alpha value is -5.63. The van der Waals surface area contributed by atoms with Crippen molar-refractivity contribution >= 4 is 55.5 Å². The average molecular weight is 741 g/mol. The Balaban J connectivity index is 1.39. The highest BCUT2D eigenvalue weighted by Gasteiger charge is 2.30. The van der Waals surface area contributed by atoms with Gasteiger partial charge in [0.25, 0.3) is 15.6 Å². The number of aliphatic imine (C=N–C) groups is 1. The minimum atomic E-state index is -4.34. The maximum atomic E-state index is 14.2. The van der Waals surface area contributed by atoms with Crippen LogP contribution < -0.4 is 15.6 Å². The van der Waals surface area contributed by atoms with Gasteiger partial charge in [-0.3, -0.25) is 18.9 Å². The summed E-state index contributed by atoms with van der Waals surface area (Å²) in [6, 6.07) is 19.8. The van der Waals surface area contributed by atoms with E-state index < -0.39 is 28.6 Å². The van der Waals surface area contributed by atoms with Gasteiger partial charge in [-0.1, -0.05) is 81.5 Å². The molecule has 2 N–H and O–H groups in total. The van der Waals surface area contributed by atoms with E-state index in [2.05, 4.69) is 21.9 Å². The van der Waals surface area contributed by atoms with E-state index in [1.54, 1.807) is 68.6 Å². The molecule has 0 saturated carbocycles.